The van der Waals surface area contributed by atoms with E-state index in [9.17, 15) is 8.42 Å². The Kier molecular flexibility index (Phi) is 3.06. The molecule has 0 bridgehead atoms. The molecule has 13 heavy (non-hydrogen) atoms. The molecule has 1 atom stereocenters. The number of sulfone groups is 1. The van der Waals surface area contributed by atoms with Crippen molar-refractivity contribution in [2.45, 2.75) is 5.25 Å². The van der Waals surface area contributed by atoms with Crippen molar-refractivity contribution in [3.63, 3.8) is 0 Å². The molecule has 72 valence electrons. The third-order valence-electron chi connectivity index (χ3n) is 1.90. The number of hydrogen-bond donors (Lipinski definition) is 1. The lowest BCUT2D eigenvalue weighted by atomic mass is 10.1. The summed E-state index contributed by atoms with van der Waals surface area (Å²) in [5, 5.41) is -0.575. The van der Waals surface area contributed by atoms with Gasteiger partial charge in [0.05, 0.1) is 5.25 Å². The van der Waals surface area contributed by atoms with E-state index in [1.165, 1.54) is 6.26 Å². The van der Waals surface area contributed by atoms with Gasteiger partial charge in [0.1, 0.15) is 0 Å². The normalized spacial score (nSPS) is 14.0. The quantitative estimate of drug-likeness (QED) is 0.780. The van der Waals surface area contributed by atoms with Gasteiger partial charge in [0, 0.05) is 12.8 Å². The highest BCUT2D eigenvalue weighted by molar-refractivity contribution is 7.91. The lowest BCUT2D eigenvalue weighted by molar-refractivity contribution is 0.588. The van der Waals surface area contributed by atoms with Crippen LogP contribution in [0.4, 0.5) is 0 Å². The fourth-order valence-electron chi connectivity index (χ4n) is 1.23. The highest BCUT2D eigenvalue weighted by Crippen LogP contribution is 2.19. The molecule has 0 spiro atoms. The summed E-state index contributed by atoms with van der Waals surface area (Å²) < 4.78 is 22.6. The minimum Gasteiger partial charge on any atom is -0.329 e. The van der Waals surface area contributed by atoms with Gasteiger partial charge in [0.2, 0.25) is 0 Å². The van der Waals surface area contributed by atoms with Gasteiger partial charge in [-0.15, -0.1) is 0 Å². The zero-order chi connectivity index (χ0) is 9.90. The Morgan fingerprint density at radius 1 is 1.31 bits per heavy atom. The summed E-state index contributed by atoms with van der Waals surface area (Å²) in [5.41, 5.74) is 6.17. The van der Waals surface area contributed by atoms with Crippen molar-refractivity contribution in [1.82, 2.24) is 0 Å². The molecule has 1 rings (SSSR count). The van der Waals surface area contributed by atoms with Gasteiger partial charge in [-0.1, -0.05) is 30.3 Å². The second-order valence-electron chi connectivity index (χ2n) is 2.96. The first-order valence-electron chi connectivity index (χ1n) is 3.99. The largest absolute Gasteiger partial charge is 0.329 e. The van der Waals surface area contributed by atoms with Crippen LogP contribution in [-0.4, -0.2) is 21.2 Å². The molecule has 4 heteroatoms. The van der Waals surface area contributed by atoms with Crippen molar-refractivity contribution in [3.8, 4) is 0 Å². The molecular weight excluding hydrogens is 186 g/mol. The van der Waals surface area contributed by atoms with Gasteiger partial charge >= 0.3 is 0 Å². The first kappa shape index (κ1) is 10.2. The highest BCUT2D eigenvalue weighted by atomic mass is 32.2. The van der Waals surface area contributed by atoms with Gasteiger partial charge < -0.3 is 5.73 Å². The van der Waals surface area contributed by atoms with E-state index in [2.05, 4.69) is 0 Å². The third-order valence-corrected chi connectivity index (χ3v) is 3.40. The Balaban J connectivity index is 3.06. The Labute approximate surface area is 78.5 Å². The molecule has 3 nitrogen and oxygen atoms in total. The average molecular weight is 199 g/mol. The molecule has 0 saturated carbocycles. The first-order chi connectivity index (χ1) is 6.05. The van der Waals surface area contributed by atoms with E-state index in [-0.39, 0.29) is 6.54 Å². The predicted molar refractivity (Wildman–Crippen MR) is 53.1 cm³/mol. The summed E-state index contributed by atoms with van der Waals surface area (Å²) in [6.45, 7) is 0.128. The van der Waals surface area contributed by atoms with Crippen molar-refractivity contribution >= 4 is 9.84 Å². The summed E-state index contributed by atoms with van der Waals surface area (Å²) in [6.07, 6.45) is 1.21. The molecule has 0 amide bonds. The minimum absolute atomic E-state index is 0.128. The fraction of sp³-hybridized carbons (Fsp3) is 0.333. The molecule has 0 aliphatic carbocycles. The molecule has 0 fully saturated rings. The molecule has 0 aliphatic rings. The number of hydrogen-bond acceptors (Lipinski definition) is 3. The summed E-state index contributed by atoms with van der Waals surface area (Å²) >= 11 is 0. The van der Waals surface area contributed by atoms with Crippen LogP contribution in [-0.2, 0) is 9.84 Å². The van der Waals surface area contributed by atoms with E-state index < -0.39 is 15.1 Å². The van der Waals surface area contributed by atoms with Gasteiger partial charge in [-0.25, -0.2) is 8.42 Å². The van der Waals surface area contributed by atoms with Crippen LogP contribution in [0.15, 0.2) is 30.3 Å². The van der Waals surface area contributed by atoms with E-state index in [0.717, 1.165) is 5.56 Å². The molecule has 1 aromatic carbocycles. The predicted octanol–water partition coefficient (Wildman–Crippen LogP) is 0.731. The fourth-order valence-corrected chi connectivity index (χ4v) is 2.23. The third kappa shape index (κ3) is 2.54. The molecule has 1 aromatic rings. The van der Waals surface area contributed by atoms with Crippen molar-refractivity contribution in [1.29, 1.82) is 0 Å². The Hall–Kier alpha value is -0.870. The maximum Gasteiger partial charge on any atom is 0.155 e. The smallest absolute Gasteiger partial charge is 0.155 e. The van der Waals surface area contributed by atoms with E-state index in [1.807, 2.05) is 18.2 Å². The van der Waals surface area contributed by atoms with E-state index in [1.54, 1.807) is 12.1 Å². The summed E-state index contributed by atoms with van der Waals surface area (Å²) in [5.74, 6) is 0. The Morgan fingerprint density at radius 3 is 2.23 bits per heavy atom. The van der Waals surface area contributed by atoms with Crippen LogP contribution in [0.2, 0.25) is 0 Å². The lowest BCUT2D eigenvalue weighted by Crippen LogP contribution is -2.20. The average Bonchev–Trinajstić information content (AvgIpc) is 2.05. The van der Waals surface area contributed by atoms with Crippen LogP contribution in [0.25, 0.3) is 0 Å². The summed E-state index contributed by atoms with van der Waals surface area (Å²) in [6, 6.07) is 9.02. The van der Waals surface area contributed by atoms with Gasteiger partial charge in [-0.05, 0) is 5.56 Å². The highest BCUT2D eigenvalue weighted by Gasteiger charge is 2.20. The maximum absolute atomic E-state index is 11.3. The number of nitrogens with two attached hydrogens (primary N) is 1. The maximum atomic E-state index is 11.3. The van der Waals surface area contributed by atoms with E-state index in [0.29, 0.717) is 0 Å². The minimum atomic E-state index is -3.09. The van der Waals surface area contributed by atoms with Crippen LogP contribution < -0.4 is 5.73 Å². The van der Waals surface area contributed by atoms with Crippen LogP contribution in [0, 0.1) is 0 Å². The number of benzene rings is 1. The topological polar surface area (TPSA) is 60.2 Å². The van der Waals surface area contributed by atoms with Gasteiger partial charge in [-0.2, -0.15) is 0 Å². The zero-order valence-corrected chi connectivity index (χ0v) is 8.29. The lowest BCUT2D eigenvalue weighted by Gasteiger charge is -2.12. The van der Waals surface area contributed by atoms with Crippen LogP contribution in [0.5, 0.6) is 0 Å². The number of rotatable bonds is 3. The molecule has 0 aromatic heterocycles. The van der Waals surface area contributed by atoms with Gasteiger partial charge in [-0.3, -0.25) is 0 Å². The van der Waals surface area contributed by atoms with Gasteiger partial charge in [0.15, 0.2) is 9.84 Å². The molecule has 0 aliphatic heterocycles. The second-order valence-corrected chi connectivity index (χ2v) is 5.19. The van der Waals surface area contributed by atoms with Crippen LogP contribution >= 0.6 is 0 Å². The van der Waals surface area contributed by atoms with E-state index in [4.69, 9.17) is 5.73 Å². The van der Waals surface area contributed by atoms with Crippen LogP contribution in [0.1, 0.15) is 10.8 Å². The standard InChI is InChI=1S/C9H13NO2S/c1-13(11,12)9(7-10)8-5-3-2-4-6-8/h2-6,9H,7,10H2,1H3. The van der Waals surface area contributed by atoms with E-state index >= 15 is 0 Å². The van der Waals surface area contributed by atoms with Crippen molar-refractivity contribution in [2.24, 2.45) is 5.73 Å². The zero-order valence-electron chi connectivity index (χ0n) is 7.47. The monoisotopic (exact) mass is 199 g/mol. The second kappa shape index (κ2) is 3.89. The summed E-state index contributed by atoms with van der Waals surface area (Å²) in [7, 11) is -3.09. The summed E-state index contributed by atoms with van der Waals surface area (Å²) in [4.78, 5) is 0. The van der Waals surface area contributed by atoms with Crippen molar-refractivity contribution in [2.75, 3.05) is 12.8 Å². The van der Waals surface area contributed by atoms with Crippen molar-refractivity contribution in [3.05, 3.63) is 35.9 Å². The molecule has 0 saturated heterocycles. The van der Waals surface area contributed by atoms with Crippen LogP contribution in [0.3, 0.4) is 0 Å². The molecule has 0 heterocycles. The molecule has 2 N–H and O–H groups in total. The Bertz CT molecular complexity index is 358. The molecular formula is C9H13NO2S. The SMILES string of the molecule is CS(=O)(=O)C(CN)c1ccccc1. The Morgan fingerprint density at radius 2 is 1.85 bits per heavy atom. The molecule has 1 unspecified atom stereocenters. The molecule has 0 radical (unpaired) electrons. The first-order valence-corrected chi connectivity index (χ1v) is 5.95. The van der Waals surface area contributed by atoms with Gasteiger partial charge in [0.25, 0.3) is 0 Å². The van der Waals surface area contributed by atoms with Crippen molar-refractivity contribution < 1.29 is 8.42 Å².